The van der Waals surface area contributed by atoms with Gasteiger partial charge in [-0.05, 0) is 44.4 Å². The molecule has 0 aliphatic carbocycles. The predicted molar refractivity (Wildman–Crippen MR) is 104 cm³/mol. The highest BCUT2D eigenvalue weighted by Crippen LogP contribution is 2.24. The second-order valence-corrected chi connectivity index (χ2v) is 7.35. The van der Waals surface area contributed by atoms with Crippen molar-refractivity contribution in [2.75, 3.05) is 6.54 Å². The Bertz CT molecular complexity index is 979. The topological polar surface area (TPSA) is 90.1 Å². The Labute approximate surface area is 160 Å². The number of nitrogens with zero attached hydrogens (tertiary/aromatic N) is 3. The molecule has 0 bridgehead atoms. The highest BCUT2D eigenvalue weighted by molar-refractivity contribution is 7.10. The van der Waals surface area contributed by atoms with Gasteiger partial charge in [0.25, 0.3) is 11.6 Å². The number of nitro groups is 1. The van der Waals surface area contributed by atoms with E-state index in [1.54, 1.807) is 30.4 Å². The molecule has 0 fully saturated rings. The van der Waals surface area contributed by atoms with Crippen molar-refractivity contribution in [1.82, 2.24) is 15.1 Å². The summed E-state index contributed by atoms with van der Waals surface area (Å²) in [5.74, 6) is -0.346. The number of aryl methyl sites for hydroxylation is 3. The van der Waals surface area contributed by atoms with Gasteiger partial charge in [-0.2, -0.15) is 5.10 Å². The lowest BCUT2D eigenvalue weighted by atomic mass is 10.1. The molecule has 1 amide bonds. The van der Waals surface area contributed by atoms with Crippen LogP contribution in [0.4, 0.5) is 5.69 Å². The van der Waals surface area contributed by atoms with Gasteiger partial charge >= 0.3 is 0 Å². The first-order valence-electron chi connectivity index (χ1n) is 8.46. The minimum Gasteiger partial charge on any atom is -0.350 e. The molecule has 0 saturated heterocycles. The molecule has 3 aromatic rings. The van der Waals surface area contributed by atoms with E-state index in [0.717, 1.165) is 16.3 Å². The van der Waals surface area contributed by atoms with Crippen LogP contribution in [-0.2, 0) is 0 Å². The molecule has 7 nitrogen and oxygen atoms in total. The van der Waals surface area contributed by atoms with Crippen LogP contribution in [0.2, 0.25) is 0 Å². The fraction of sp³-hybridized carbons (Fsp3) is 0.263. The van der Waals surface area contributed by atoms with E-state index in [2.05, 4.69) is 10.4 Å². The minimum atomic E-state index is -0.476. The normalized spacial score (nSPS) is 12.0. The van der Waals surface area contributed by atoms with Gasteiger partial charge in [0.2, 0.25) is 0 Å². The Morgan fingerprint density at radius 3 is 2.67 bits per heavy atom. The van der Waals surface area contributed by atoms with Crippen LogP contribution in [0, 0.1) is 30.9 Å². The van der Waals surface area contributed by atoms with Crippen molar-refractivity contribution in [3.8, 4) is 0 Å². The summed E-state index contributed by atoms with van der Waals surface area (Å²) in [6.07, 6.45) is 0. The monoisotopic (exact) mass is 384 g/mol. The van der Waals surface area contributed by atoms with Crippen LogP contribution < -0.4 is 5.32 Å². The van der Waals surface area contributed by atoms with Gasteiger partial charge in [-0.15, -0.1) is 11.3 Å². The first-order valence-corrected chi connectivity index (χ1v) is 9.34. The molecule has 3 rings (SSSR count). The number of hydrogen-bond donors (Lipinski definition) is 1. The Hall–Kier alpha value is -3.00. The SMILES string of the molecule is Cc1cc(C)n(C(CNC(=O)c2ccc(C)c([N+](=O)[O-])c2)c2cccs2)n1. The van der Waals surface area contributed by atoms with E-state index >= 15 is 0 Å². The molecule has 27 heavy (non-hydrogen) atoms. The largest absolute Gasteiger partial charge is 0.350 e. The van der Waals surface area contributed by atoms with Crippen LogP contribution in [0.5, 0.6) is 0 Å². The third-order valence-corrected chi connectivity index (χ3v) is 5.31. The summed E-state index contributed by atoms with van der Waals surface area (Å²) in [7, 11) is 0. The zero-order valence-electron chi connectivity index (χ0n) is 15.3. The van der Waals surface area contributed by atoms with Gasteiger partial charge in [0, 0.05) is 34.3 Å². The summed E-state index contributed by atoms with van der Waals surface area (Å²) >= 11 is 1.60. The summed E-state index contributed by atoms with van der Waals surface area (Å²) in [5, 5.41) is 20.5. The second kappa shape index (κ2) is 7.71. The van der Waals surface area contributed by atoms with Crippen LogP contribution in [0.1, 0.15) is 38.2 Å². The van der Waals surface area contributed by atoms with Crippen molar-refractivity contribution in [3.63, 3.8) is 0 Å². The maximum Gasteiger partial charge on any atom is 0.273 e. The first kappa shape index (κ1) is 18.8. The molecule has 0 radical (unpaired) electrons. The minimum absolute atomic E-state index is 0.0593. The molecular formula is C19H20N4O3S. The van der Waals surface area contributed by atoms with Crippen LogP contribution in [-0.4, -0.2) is 27.2 Å². The Kier molecular flexibility index (Phi) is 5.36. The van der Waals surface area contributed by atoms with Crippen LogP contribution in [0.25, 0.3) is 0 Å². The lowest BCUT2D eigenvalue weighted by Gasteiger charge is -2.19. The van der Waals surface area contributed by atoms with Crippen molar-refractivity contribution in [2.24, 2.45) is 0 Å². The Morgan fingerprint density at radius 1 is 1.30 bits per heavy atom. The summed E-state index contributed by atoms with van der Waals surface area (Å²) in [5.41, 5.74) is 2.65. The molecule has 2 aromatic heterocycles. The summed E-state index contributed by atoms with van der Waals surface area (Å²) in [6, 6.07) is 10.3. The summed E-state index contributed by atoms with van der Waals surface area (Å²) in [4.78, 5) is 24.3. The second-order valence-electron chi connectivity index (χ2n) is 6.37. The van der Waals surface area contributed by atoms with Crippen LogP contribution in [0.3, 0.4) is 0 Å². The molecule has 0 spiro atoms. The van der Waals surface area contributed by atoms with Crippen molar-refractivity contribution < 1.29 is 9.72 Å². The fourth-order valence-electron chi connectivity index (χ4n) is 2.99. The highest BCUT2D eigenvalue weighted by atomic mass is 32.1. The van der Waals surface area contributed by atoms with Gasteiger partial charge in [-0.1, -0.05) is 12.1 Å². The smallest absolute Gasteiger partial charge is 0.273 e. The van der Waals surface area contributed by atoms with E-state index in [9.17, 15) is 14.9 Å². The maximum atomic E-state index is 12.6. The number of carbonyl (C=O) groups excluding carboxylic acids is 1. The zero-order valence-corrected chi connectivity index (χ0v) is 16.1. The summed E-state index contributed by atoms with van der Waals surface area (Å²) in [6.45, 7) is 5.89. The van der Waals surface area contributed by atoms with Crippen molar-refractivity contribution >= 4 is 22.9 Å². The fourth-order valence-corrected chi connectivity index (χ4v) is 3.80. The van der Waals surface area contributed by atoms with Gasteiger partial charge in [0.15, 0.2) is 0 Å². The number of nitro benzene ring substituents is 1. The third kappa shape index (κ3) is 4.06. The molecule has 1 N–H and O–H groups in total. The average Bonchev–Trinajstić information content (AvgIpc) is 3.25. The first-order chi connectivity index (χ1) is 12.9. The standard InChI is InChI=1S/C19H20N4O3S/c1-12-6-7-15(10-16(12)23(25)26)19(24)20-11-17(18-5-4-8-27-18)22-14(3)9-13(2)21-22/h4-10,17H,11H2,1-3H3,(H,20,24). The van der Waals surface area contributed by atoms with Gasteiger partial charge in [-0.25, -0.2) is 0 Å². The quantitative estimate of drug-likeness (QED) is 0.517. The number of nitrogens with one attached hydrogen (secondary N) is 1. The number of amides is 1. The number of thiophene rings is 1. The van der Waals surface area contributed by atoms with Gasteiger partial charge in [0.1, 0.15) is 6.04 Å². The number of benzene rings is 1. The molecular weight excluding hydrogens is 364 g/mol. The molecule has 8 heteroatoms. The van der Waals surface area contributed by atoms with Gasteiger partial charge < -0.3 is 5.32 Å². The van der Waals surface area contributed by atoms with E-state index in [1.165, 1.54) is 6.07 Å². The molecule has 0 aliphatic heterocycles. The van der Waals surface area contributed by atoms with E-state index in [-0.39, 0.29) is 23.2 Å². The number of hydrogen-bond acceptors (Lipinski definition) is 5. The van der Waals surface area contributed by atoms with Crippen molar-refractivity contribution in [3.05, 3.63) is 79.3 Å². The van der Waals surface area contributed by atoms with Crippen molar-refractivity contribution in [1.29, 1.82) is 0 Å². The van der Waals surface area contributed by atoms with Crippen LogP contribution >= 0.6 is 11.3 Å². The van der Waals surface area contributed by atoms with E-state index in [1.807, 2.05) is 42.1 Å². The van der Waals surface area contributed by atoms with Crippen LogP contribution in [0.15, 0.2) is 41.8 Å². The molecule has 0 aliphatic rings. The van der Waals surface area contributed by atoms with Gasteiger partial charge in [0.05, 0.1) is 10.6 Å². The molecule has 1 unspecified atom stereocenters. The molecule has 140 valence electrons. The molecule has 2 heterocycles. The Morgan fingerprint density at radius 2 is 2.07 bits per heavy atom. The molecule has 1 atom stereocenters. The number of aromatic nitrogens is 2. The average molecular weight is 384 g/mol. The third-order valence-electron chi connectivity index (χ3n) is 4.34. The lowest BCUT2D eigenvalue weighted by Crippen LogP contribution is -2.32. The van der Waals surface area contributed by atoms with E-state index < -0.39 is 4.92 Å². The maximum absolute atomic E-state index is 12.6. The Balaban J connectivity index is 1.82. The highest BCUT2D eigenvalue weighted by Gasteiger charge is 2.20. The lowest BCUT2D eigenvalue weighted by molar-refractivity contribution is -0.385. The van der Waals surface area contributed by atoms with E-state index in [0.29, 0.717) is 12.1 Å². The molecule has 0 saturated carbocycles. The summed E-state index contributed by atoms with van der Waals surface area (Å²) < 4.78 is 1.90. The zero-order chi connectivity index (χ0) is 19.6. The number of carbonyl (C=O) groups is 1. The predicted octanol–water partition coefficient (Wildman–Crippen LogP) is 3.80. The van der Waals surface area contributed by atoms with Crippen molar-refractivity contribution in [2.45, 2.75) is 26.8 Å². The number of rotatable bonds is 6. The van der Waals surface area contributed by atoms with Gasteiger partial charge in [-0.3, -0.25) is 19.6 Å². The van der Waals surface area contributed by atoms with E-state index in [4.69, 9.17) is 0 Å². The molecule has 1 aromatic carbocycles.